The van der Waals surface area contributed by atoms with Crippen molar-refractivity contribution in [2.24, 2.45) is 0 Å². The van der Waals surface area contributed by atoms with Gasteiger partial charge in [0.05, 0.1) is 5.75 Å². The largest absolute Gasteiger partial charge is 0.346 e. The van der Waals surface area contributed by atoms with Gasteiger partial charge in [0.1, 0.15) is 0 Å². The van der Waals surface area contributed by atoms with Crippen LogP contribution in [-0.4, -0.2) is 29.2 Å². The van der Waals surface area contributed by atoms with Crippen molar-refractivity contribution >= 4 is 36.6 Å². The fourth-order valence-corrected chi connectivity index (χ4v) is 0.908. The maximum absolute atomic E-state index is 10.1. The Morgan fingerprint density at radius 2 is 2.10 bits per heavy atom. The lowest BCUT2D eigenvalue weighted by atomic mass is 10.8. The van der Waals surface area contributed by atoms with Gasteiger partial charge in [0.15, 0.2) is 0 Å². The molecule has 60 valence electrons. The Balaban J connectivity index is 3.49. The minimum absolute atomic E-state index is 0.0550. The van der Waals surface area contributed by atoms with Crippen molar-refractivity contribution in [3.8, 4) is 0 Å². The van der Waals surface area contributed by atoms with Gasteiger partial charge in [-0.1, -0.05) is 0 Å². The number of carbonyl (C=O) groups is 1. The molecule has 0 aliphatic carbocycles. The Morgan fingerprint density at radius 3 is 2.40 bits per heavy atom. The third-order valence-electron chi connectivity index (χ3n) is 0.624. The molecule has 10 heavy (non-hydrogen) atoms. The van der Waals surface area contributed by atoms with E-state index < -0.39 is 15.9 Å². The molecule has 0 atom stereocenters. The third kappa shape index (κ3) is 8.11. The molecule has 0 aliphatic rings. The Bertz CT molecular complexity index is 211. The molecular weight excluding hydrogens is 273 g/mol. The summed E-state index contributed by atoms with van der Waals surface area (Å²) in [5.74, 6) is -0.443. The summed E-state index contributed by atoms with van der Waals surface area (Å²) in [4.78, 5) is 10.1. The van der Waals surface area contributed by atoms with E-state index in [-0.39, 0.29) is 10.5 Å². The molecule has 0 rings (SSSR count). The number of rotatable bonds is 3. The van der Waals surface area contributed by atoms with Gasteiger partial charge in [-0.15, -0.1) is 0 Å². The van der Waals surface area contributed by atoms with Crippen molar-refractivity contribution in [1.82, 2.24) is 5.32 Å². The fraction of sp³-hybridized carbons (Fsp3) is 0.667. The molecule has 0 fully saturated rings. The molecule has 0 saturated heterocycles. The molecule has 0 aromatic heterocycles. The first-order chi connectivity index (χ1) is 4.42. The van der Waals surface area contributed by atoms with Gasteiger partial charge in [-0.25, -0.2) is 0 Å². The molecule has 0 radical (unpaired) electrons. The first-order valence-electron chi connectivity index (χ1n) is 2.30. The highest BCUT2D eigenvalue weighted by Crippen LogP contribution is 1.83. The lowest BCUT2D eigenvalue weighted by Crippen LogP contribution is -2.23. The maximum Gasteiger partial charge on any atom is 0.280 e. The predicted octanol–water partition coefficient (Wildman–Crippen LogP) is 0.0188. The van der Waals surface area contributed by atoms with Crippen molar-refractivity contribution in [2.75, 3.05) is 12.3 Å². The average molecular weight is 279 g/mol. The summed E-state index contributed by atoms with van der Waals surface area (Å²) in [6, 6.07) is 0. The minimum atomic E-state index is -3.94. The summed E-state index contributed by atoms with van der Waals surface area (Å²) in [5.41, 5.74) is 0. The van der Waals surface area contributed by atoms with Gasteiger partial charge in [0, 0.05) is 29.1 Å². The summed E-state index contributed by atoms with van der Waals surface area (Å²) in [6.45, 7) is -0.0550. The molecule has 5 nitrogen and oxygen atoms in total. The van der Waals surface area contributed by atoms with E-state index in [0.29, 0.717) is 0 Å². The molecule has 0 saturated carbocycles. The highest BCUT2D eigenvalue weighted by molar-refractivity contribution is 14.1. The van der Waals surface area contributed by atoms with Crippen LogP contribution in [0.25, 0.3) is 0 Å². The second-order valence-corrected chi connectivity index (χ2v) is 4.04. The van der Waals surface area contributed by atoms with Crippen LogP contribution in [0.15, 0.2) is 0 Å². The second kappa shape index (κ2) is 4.09. The summed E-state index contributed by atoms with van der Waals surface area (Å²) in [5, 5.41) is 2.21. The quantitative estimate of drug-likeness (QED) is 0.330. The van der Waals surface area contributed by atoms with E-state index in [0.717, 1.165) is 0 Å². The fourth-order valence-electron chi connectivity index (χ4n) is 0.278. The SMILES string of the molecule is O=C(I)NCCS(=O)(=O)O. The molecule has 0 aromatic carbocycles. The molecule has 0 aromatic rings. The molecular formula is C3H6INO4S. The second-order valence-electron chi connectivity index (χ2n) is 1.49. The Kier molecular flexibility index (Phi) is 4.13. The van der Waals surface area contributed by atoms with Gasteiger partial charge in [-0.05, 0) is 0 Å². The van der Waals surface area contributed by atoms with Crippen LogP contribution < -0.4 is 5.32 Å². The van der Waals surface area contributed by atoms with E-state index in [1.54, 1.807) is 0 Å². The third-order valence-corrected chi connectivity index (χ3v) is 1.73. The van der Waals surface area contributed by atoms with E-state index in [4.69, 9.17) is 4.55 Å². The average Bonchev–Trinajstić information content (AvgIpc) is 1.59. The first-order valence-corrected chi connectivity index (χ1v) is 4.99. The standard InChI is InChI=1S/C3H6INO4S/c4-3(6)5-1-2-10(7,8)9/h1-2H2,(H,5,6)(H,7,8,9). The van der Waals surface area contributed by atoms with Crippen molar-refractivity contribution in [3.63, 3.8) is 0 Å². The van der Waals surface area contributed by atoms with Crippen LogP contribution in [0.1, 0.15) is 0 Å². The molecule has 0 spiro atoms. The smallest absolute Gasteiger partial charge is 0.280 e. The summed E-state index contributed by atoms with van der Waals surface area (Å²) in [7, 11) is -3.94. The van der Waals surface area contributed by atoms with Gasteiger partial charge in [0.25, 0.3) is 14.0 Å². The monoisotopic (exact) mass is 279 g/mol. The lowest BCUT2D eigenvalue weighted by Gasteiger charge is -1.96. The van der Waals surface area contributed by atoms with E-state index in [1.807, 2.05) is 0 Å². The van der Waals surface area contributed by atoms with E-state index in [1.165, 1.54) is 22.6 Å². The molecule has 7 heteroatoms. The Morgan fingerprint density at radius 1 is 1.60 bits per heavy atom. The minimum Gasteiger partial charge on any atom is -0.346 e. The van der Waals surface area contributed by atoms with Crippen molar-refractivity contribution in [2.45, 2.75) is 0 Å². The molecule has 1 amide bonds. The van der Waals surface area contributed by atoms with Crippen LogP contribution in [0.2, 0.25) is 0 Å². The highest BCUT2D eigenvalue weighted by Gasteiger charge is 2.03. The van der Waals surface area contributed by atoms with Crippen LogP contribution in [0.4, 0.5) is 4.79 Å². The summed E-state index contributed by atoms with van der Waals surface area (Å²) < 4.78 is 27.8. The first kappa shape index (κ1) is 10.1. The van der Waals surface area contributed by atoms with Gasteiger partial charge < -0.3 is 5.32 Å². The van der Waals surface area contributed by atoms with Gasteiger partial charge in [-0.2, -0.15) is 8.42 Å². The Labute approximate surface area is 72.1 Å². The summed E-state index contributed by atoms with van der Waals surface area (Å²) in [6.07, 6.45) is 0. The van der Waals surface area contributed by atoms with Gasteiger partial charge in [0.2, 0.25) is 0 Å². The van der Waals surface area contributed by atoms with Crippen LogP contribution in [-0.2, 0) is 10.1 Å². The normalized spacial score (nSPS) is 11.0. The number of amides is 1. The highest BCUT2D eigenvalue weighted by atomic mass is 127. The van der Waals surface area contributed by atoms with Crippen LogP contribution >= 0.6 is 22.6 Å². The molecule has 0 aliphatic heterocycles. The predicted molar refractivity (Wildman–Crippen MR) is 43.8 cm³/mol. The molecule has 2 N–H and O–H groups in total. The van der Waals surface area contributed by atoms with Gasteiger partial charge >= 0.3 is 0 Å². The van der Waals surface area contributed by atoms with Crippen LogP contribution in [0, 0.1) is 0 Å². The summed E-state index contributed by atoms with van der Waals surface area (Å²) >= 11 is 1.47. The van der Waals surface area contributed by atoms with Crippen molar-refractivity contribution in [1.29, 1.82) is 0 Å². The number of nitrogens with one attached hydrogen (secondary N) is 1. The maximum atomic E-state index is 10.1. The van der Waals surface area contributed by atoms with Crippen LogP contribution in [0.3, 0.4) is 0 Å². The molecule has 0 heterocycles. The number of carbonyl (C=O) groups excluding carboxylic acids is 1. The molecule has 0 unspecified atom stereocenters. The number of halogens is 1. The zero-order valence-corrected chi connectivity index (χ0v) is 7.85. The number of hydrogen-bond acceptors (Lipinski definition) is 3. The van der Waals surface area contributed by atoms with E-state index in [9.17, 15) is 13.2 Å². The van der Waals surface area contributed by atoms with Gasteiger partial charge in [-0.3, -0.25) is 9.35 Å². The number of hydrogen-bond donors (Lipinski definition) is 2. The topological polar surface area (TPSA) is 83.5 Å². The lowest BCUT2D eigenvalue weighted by molar-refractivity contribution is 0.263. The molecule has 0 bridgehead atoms. The zero-order valence-electron chi connectivity index (χ0n) is 4.87. The van der Waals surface area contributed by atoms with E-state index in [2.05, 4.69) is 5.32 Å². The van der Waals surface area contributed by atoms with Crippen molar-refractivity contribution < 1.29 is 17.8 Å². The van der Waals surface area contributed by atoms with Crippen LogP contribution in [0.5, 0.6) is 0 Å². The van der Waals surface area contributed by atoms with E-state index >= 15 is 0 Å². The zero-order chi connectivity index (χ0) is 8.20. The Hall–Kier alpha value is 0.110. The van der Waals surface area contributed by atoms with Crippen molar-refractivity contribution in [3.05, 3.63) is 0 Å².